The number of hydrogen-bond acceptors (Lipinski definition) is 3. The molecule has 0 spiro atoms. The normalized spacial score (nSPS) is 32.8. The van der Waals surface area contributed by atoms with Gasteiger partial charge in [-0.05, 0) is 61.3 Å². The first kappa shape index (κ1) is 18.2. The summed E-state index contributed by atoms with van der Waals surface area (Å²) in [5.41, 5.74) is 6.48. The van der Waals surface area contributed by atoms with Gasteiger partial charge in [-0.3, -0.25) is 4.79 Å². The third-order valence-corrected chi connectivity index (χ3v) is 5.17. The molecule has 6 atom stereocenters. The van der Waals surface area contributed by atoms with Crippen LogP contribution in [0.15, 0.2) is 23.8 Å². The van der Waals surface area contributed by atoms with Crippen LogP contribution in [0.4, 0.5) is 0 Å². The Labute approximate surface area is 139 Å². The highest BCUT2D eigenvalue weighted by Crippen LogP contribution is 2.42. The highest BCUT2D eigenvalue weighted by molar-refractivity contribution is 5.74. The fraction of sp³-hybridized carbons (Fsp3) is 0.684. The van der Waals surface area contributed by atoms with Crippen molar-refractivity contribution in [3.05, 3.63) is 30.2 Å². The average molecular weight is 320 g/mol. The minimum Gasteiger partial charge on any atom is -0.393 e. The Bertz CT molecular complexity index is 471. The molecule has 0 aromatic rings. The van der Waals surface area contributed by atoms with Crippen molar-refractivity contribution < 1.29 is 15.0 Å². The quantitative estimate of drug-likeness (QED) is 0.673. The van der Waals surface area contributed by atoms with Crippen molar-refractivity contribution >= 4 is 5.91 Å². The van der Waals surface area contributed by atoms with E-state index in [-0.39, 0.29) is 12.8 Å². The zero-order valence-corrected chi connectivity index (χ0v) is 14.2. The Kier molecular flexibility index (Phi) is 6.42. The van der Waals surface area contributed by atoms with Gasteiger partial charge in [0.15, 0.2) is 0 Å². The molecular weight excluding hydrogens is 290 g/mol. The number of nitrogens with two attached hydrogens (primary N) is 1. The highest BCUT2D eigenvalue weighted by Gasteiger charge is 2.33. The van der Waals surface area contributed by atoms with Gasteiger partial charge in [0.2, 0.25) is 5.91 Å². The van der Waals surface area contributed by atoms with E-state index >= 15 is 0 Å². The number of carbonyl (C=O) groups excluding carboxylic acids is 1. The Hall–Kier alpha value is -1.13. The van der Waals surface area contributed by atoms with Gasteiger partial charge in [0.25, 0.3) is 0 Å². The van der Waals surface area contributed by atoms with E-state index in [2.05, 4.69) is 38.5 Å². The Morgan fingerprint density at radius 3 is 2.78 bits per heavy atom. The number of rotatable bonds is 7. The van der Waals surface area contributed by atoms with Crippen LogP contribution in [0.3, 0.4) is 0 Å². The summed E-state index contributed by atoms with van der Waals surface area (Å²) >= 11 is 0. The topological polar surface area (TPSA) is 83.6 Å². The van der Waals surface area contributed by atoms with E-state index in [1.54, 1.807) is 0 Å². The molecule has 0 unspecified atom stereocenters. The predicted octanol–water partition coefficient (Wildman–Crippen LogP) is 2.36. The van der Waals surface area contributed by atoms with Crippen molar-refractivity contribution in [3.63, 3.8) is 0 Å². The van der Waals surface area contributed by atoms with Crippen LogP contribution in [-0.4, -0.2) is 28.3 Å². The van der Waals surface area contributed by atoms with Crippen molar-refractivity contribution in [1.82, 2.24) is 0 Å². The second kappa shape index (κ2) is 8.11. The Morgan fingerprint density at radius 2 is 2.09 bits per heavy atom. The van der Waals surface area contributed by atoms with E-state index in [0.29, 0.717) is 30.1 Å². The molecule has 4 nitrogen and oxygen atoms in total. The maximum atomic E-state index is 10.8. The van der Waals surface area contributed by atoms with Crippen LogP contribution in [0.2, 0.25) is 0 Å². The number of hydrogen-bond donors (Lipinski definition) is 3. The minimum atomic E-state index is -0.844. The number of allylic oxidation sites excluding steroid dienone is 4. The molecule has 0 heterocycles. The third-order valence-electron chi connectivity index (χ3n) is 5.17. The lowest BCUT2D eigenvalue weighted by molar-refractivity contribution is -0.120. The number of primary amides is 1. The summed E-state index contributed by atoms with van der Waals surface area (Å²) in [6.45, 7) is 4.47. The first-order chi connectivity index (χ1) is 10.9. The van der Waals surface area contributed by atoms with Gasteiger partial charge < -0.3 is 15.9 Å². The van der Waals surface area contributed by atoms with Crippen LogP contribution in [0, 0.1) is 30.1 Å². The first-order valence-electron chi connectivity index (χ1n) is 8.74. The zero-order chi connectivity index (χ0) is 17.0. The largest absolute Gasteiger partial charge is 0.393 e. The van der Waals surface area contributed by atoms with Crippen molar-refractivity contribution in [2.75, 3.05) is 0 Å². The molecule has 0 fully saturated rings. The smallest absolute Gasteiger partial charge is 0.220 e. The minimum absolute atomic E-state index is 0.0825. The molecule has 0 aromatic heterocycles. The summed E-state index contributed by atoms with van der Waals surface area (Å²) in [4.78, 5) is 10.8. The average Bonchev–Trinajstić information content (AvgIpc) is 2.45. The molecule has 2 rings (SSSR count). The number of amides is 1. The van der Waals surface area contributed by atoms with Gasteiger partial charge in [-0.2, -0.15) is 0 Å². The Balaban J connectivity index is 1.88. The second-order valence-electron chi connectivity index (χ2n) is 7.31. The lowest BCUT2D eigenvalue weighted by Crippen LogP contribution is -2.30. The van der Waals surface area contributed by atoms with Crippen molar-refractivity contribution in [2.24, 2.45) is 29.4 Å². The fourth-order valence-corrected chi connectivity index (χ4v) is 3.90. The van der Waals surface area contributed by atoms with Gasteiger partial charge in [0, 0.05) is 0 Å². The zero-order valence-electron chi connectivity index (χ0n) is 14.2. The standard InChI is InChI=1S/C19H30NO3/c1-12-3-7-18-14(9-12)5-4-13(2)17(18)8-6-15(21)10-16(22)11-19(20)23/h4-5,7,9,12-13,15-18,21-22H,3,6,8,10-11H2,1-2H3,(H2,20,23)/t12-,13+,15-,16-,17+,18+/m1/s1. The van der Waals surface area contributed by atoms with E-state index in [1.165, 1.54) is 5.57 Å². The summed E-state index contributed by atoms with van der Waals surface area (Å²) < 4.78 is 0. The SMILES string of the molecule is C[C@H]1C=C2C=C[C@H](C)[C@H](CC[C@@H](O)C[C@@H](O)CC(N)=O)[C@H]2[CH]C1. The monoisotopic (exact) mass is 320 g/mol. The molecule has 4 N–H and O–H groups in total. The molecule has 0 aromatic carbocycles. The molecule has 1 amide bonds. The second-order valence-corrected chi connectivity index (χ2v) is 7.31. The molecule has 23 heavy (non-hydrogen) atoms. The predicted molar refractivity (Wildman–Crippen MR) is 91.1 cm³/mol. The van der Waals surface area contributed by atoms with E-state index in [9.17, 15) is 15.0 Å². The molecule has 0 saturated heterocycles. The van der Waals surface area contributed by atoms with E-state index in [1.807, 2.05) is 0 Å². The van der Waals surface area contributed by atoms with Crippen LogP contribution >= 0.6 is 0 Å². The molecule has 129 valence electrons. The lowest BCUT2D eigenvalue weighted by atomic mass is 9.66. The maximum Gasteiger partial charge on any atom is 0.220 e. The van der Waals surface area contributed by atoms with Crippen LogP contribution in [-0.2, 0) is 4.79 Å². The molecule has 2 aliphatic carbocycles. The van der Waals surface area contributed by atoms with E-state index < -0.39 is 18.1 Å². The molecule has 0 aliphatic heterocycles. The molecule has 2 aliphatic rings. The van der Waals surface area contributed by atoms with Gasteiger partial charge in [0.05, 0.1) is 18.6 Å². The van der Waals surface area contributed by atoms with Crippen molar-refractivity contribution in [1.29, 1.82) is 0 Å². The third kappa shape index (κ3) is 5.18. The molecule has 4 heteroatoms. The number of fused-ring (bicyclic) bond motifs is 1. The summed E-state index contributed by atoms with van der Waals surface area (Å²) in [6, 6.07) is 0. The van der Waals surface area contributed by atoms with Crippen LogP contribution in [0.5, 0.6) is 0 Å². The molecule has 1 radical (unpaired) electrons. The van der Waals surface area contributed by atoms with Crippen molar-refractivity contribution in [2.45, 2.75) is 58.2 Å². The van der Waals surface area contributed by atoms with E-state index in [4.69, 9.17) is 5.73 Å². The van der Waals surface area contributed by atoms with Crippen molar-refractivity contribution in [3.8, 4) is 0 Å². The number of aliphatic hydroxyl groups is 2. The maximum absolute atomic E-state index is 10.8. The molecular formula is C19H30NO3. The summed E-state index contributed by atoms with van der Waals surface area (Å²) in [5, 5.41) is 19.8. The number of aliphatic hydroxyl groups excluding tert-OH is 2. The van der Waals surface area contributed by atoms with Crippen LogP contribution in [0.1, 0.15) is 46.0 Å². The summed E-state index contributed by atoms with van der Waals surface area (Å²) in [5.74, 6) is 1.55. The van der Waals surface area contributed by atoms with Gasteiger partial charge in [-0.15, -0.1) is 0 Å². The van der Waals surface area contributed by atoms with E-state index in [0.717, 1.165) is 12.8 Å². The molecule has 0 saturated carbocycles. The van der Waals surface area contributed by atoms with Gasteiger partial charge in [-0.1, -0.05) is 32.1 Å². The summed E-state index contributed by atoms with van der Waals surface area (Å²) in [6.07, 6.45) is 10.7. The van der Waals surface area contributed by atoms with Crippen LogP contribution < -0.4 is 5.73 Å². The highest BCUT2D eigenvalue weighted by atomic mass is 16.3. The van der Waals surface area contributed by atoms with Crippen LogP contribution in [0.25, 0.3) is 0 Å². The van der Waals surface area contributed by atoms with Gasteiger partial charge in [0.1, 0.15) is 0 Å². The number of carbonyl (C=O) groups is 1. The summed E-state index contributed by atoms with van der Waals surface area (Å²) in [7, 11) is 0. The fourth-order valence-electron chi connectivity index (χ4n) is 3.90. The van der Waals surface area contributed by atoms with Gasteiger partial charge >= 0.3 is 0 Å². The van der Waals surface area contributed by atoms with Gasteiger partial charge in [-0.25, -0.2) is 0 Å². The first-order valence-corrected chi connectivity index (χ1v) is 8.74. The Morgan fingerprint density at radius 1 is 1.35 bits per heavy atom. The molecule has 0 bridgehead atoms. The lowest BCUT2D eigenvalue weighted by Gasteiger charge is -2.38.